The maximum atomic E-state index is 15.9. The number of carbonyl (C=O) groups excluding carboxylic acids is 2. The van der Waals surface area contributed by atoms with Crippen molar-refractivity contribution in [2.75, 3.05) is 60.5 Å². The molecule has 1 aliphatic rings. The number of hydrogen-bond acceptors (Lipinski definition) is 15. The second-order valence-corrected chi connectivity index (χ2v) is 19.3. The Morgan fingerprint density at radius 2 is 1.67 bits per heavy atom. The first-order valence-electron chi connectivity index (χ1n) is 23.5. The van der Waals surface area contributed by atoms with Gasteiger partial charge in [0.05, 0.1) is 36.4 Å². The minimum Gasteiger partial charge on any atom is -0.496 e. The lowest BCUT2D eigenvalue weighted by molar-refractivity contribution is -0.145. The van der Waals surface area contributed by atoms with Crippen molar-refractivity contribution in [3.63, 3.8) is 0 Å². The molecule has 4 aromatic carbocycles. The number of ether oxygens (including phenoxy) is 5. The second kappa shape index (κ2) is 22.9. The number of likely N-dealkylation sites (N-methyl/N-ethyl adjacent to an activating group) is 1. The van der Waals surface area contributed by atoms with Crippen LogP contribution in [0.5, 0.6) is 23.1 Å². The molecule has 0 spiro atoms. The predicted molar refractivity (Wildman–Crippen MR) is 271 cm³/mol. The van der Waals surface area contributed by atoms with Crippen molar-refractivity contribution < 1.29 is 52.0 Å². The summed E-state index contributed by atoms with van der Waals surface area (Å²) in [5.41, 5.74) is 2.30. The molecule has 1 unspecified atom stereocenters. The molecule has 8 rings (SSSR count). The number of thiophene rings is 1. The molecule has 0 bridgehead atoms. The number of carboxylic acids is 1. The highest BCUT2D eigenvalue weighted by Crippen LogP contribution is 2.50. The van der Waals surface area contributed by atoms with Gasteiger partial charge in [0.2, 0.25) is 12.0 Å². The van der Waals surface area contributed by atoms with Crippen LogP contribution in [0.15, 0.2) is 97.5 Å². The summed E-state index contributed by atoms with van der Waals surface area (Å²) in [7, 11) is 4.91. The van der Waals surface area contributed by atoms with Gasteiger partial charge in [-0.25, -0.2) is 38.3 Å². The van der Waals surface area contributed by atoms with Crippen molar-refractivity contribution >= 4 is 39.9 Å². The molecule has 3 aromatic heterocycles. The van der Waals surface area contributed by atoms with Crippen LogP contribution in [0.4, 0.5) is 13.6 Å². The molecule has 1 atom stereocenters. The molecule has 16 nitrogen and oxygen atoms in total. The third-order valence-corrected chi connectivity index (χ3v) is 13.2. The van der Waals surface area contributed by atoms with Gasteiger partial charge in [0.1, 0.15) is 40.7 Å². The average molecular weight is 1020 g/mol. The van der Waals surface area contributed by atoms with Gasteiger partial charge in [-0.2, -0.15) is 0 Å². The van der Waals surface area contributed by atoms with E-state index < -0.39 is 35.4 Å². The number of amides is 1. The fraction of sp³-hybridized carbons (Fsp3) is 0.315. The number of methoxy groups -OCH3 is 2. The number of nitrogens with zero attached hydrogens (tertiary/aromatic N) is 7. The first kappa shape index (κ1) is 51.7. The molecule has 380 valence electrons. The molecular formula is C54H55F2N7O9S. The van der Waals surface area contributed by atoms with E-state index in [-0.39, 0.29) is 47.7 Å². The number of piperazine rings is 1. The third-order valence-electron chi connectivity index (χ3n) is 12.1. The van der Waals surface area contributed by atoms with Gasteiger partial charge < -0.3 is 38.6 Å². The number of aldehydes is 1. The van der Waals surface area contributed by atoms with Crippen molar-refractivity contribution in [1.29, 1.82) is 0 Å². The van der Waals surface area contributed by atoms with Crippen molar-refractivity contribution in [3.8, 4) is 56.1 Å². The van der Waals surface area contributed by atoms with Gasteiger partial charge in [-0.3, -0.25) is 9.69 Å². The monoisotopic (exact) mass is 1020 g/mol. The Balaban J connectivity index is 1.18. The zero-order valence-corrected chi connectivity index (χ0v) is 42.1. The third kappa shape index (κ3) is 12.4. The Bertz CT molecular complexity index is 3110. The largest absolute Gasteiger partial charge is 0.496 e. The zero-order valence-electron chi connectivity index (χ0n) is 41.3. The molecular weight excluding hydrogens is 961 g/mol. The summed E-state index contributed by atoms with van der Waals surface area (Å²) in [5.74, 6) is -1.85. The van der Waals surface area contributed by atoms with Crippen LogP contribution in [-0.2, 0) is 29.1 Å². The van der Waals surface area contributed by atoms with E-state index in [0.29, 0.717) is 79.9 Å². The van der Waals surface area contributed by atoms with Gasteiger partial charge in [-0.1, -0.05) is 36.4 Å². The number of halogens is 2. The summed E-state index contributed by atoms with van der Waals surface area (Å²) in [4.78, 5) is 64.3. The van der Waals surface area contributed by atoms with Crippen LogP contribution in [0.25, 0.3) is 43.2 Å². The van der Waals surface area contributed by atoms with Crippen LogP contribution in [0.1, 0.15) is 48.0 Å². The molecule has 1 amide bonds. The fourth-order valence-corrected chi connectivity index (χ4v) is 9.52. The molecule has 0 radical (unpaired) electrons. The lowest BCUT2D eigenvalue weighted by Gasteiger charge is -2.34. The van der Waals surface area contributed by atoms with Gasteiger partial charge in [0.25, 0.3) is 0 Å². The Morgan fingerprint density at radius 1 is 0.904 bits per heavy atom. The van der Waals surface area contributed by atoms with E-state index in [1.54, 1.807) is 48.5 Å². The fourth-order valence-electron chi connectivity index (χ4n) is 8.36. The zero-order chi connectivity index (χ0) is 51.8. The van der Waals surface area contributed by atoms with E-state index in [4.69, 9.17) is 28.7 Å². The van der Waals surface area contributed by atoms with Crippen LogP contribution < -0.4 is 18.9 Å². The van der Waals surface area contributed by atoms with Crippen LogP contribution in [0.2, 0.25) is 0 Å². The maximum absolute atomic E-state index is 15.9. The average Bonchev–Trinajstić information content (AvgIpc) is 3.77. The molecule has 0 saturated carbocycles. The number of aliphatic carboxylic acids is 1. The molecule has 4 heterocycles. The topological polar surface area (TPSA) is 179 Å². The first-order valence-corrected chi connectivity index (χ1v) is 24.3. The Kier molecular flexibility index (Phi) is 16.2. The number of fused-ring (bicyclic) bond motifs is 1. The number of hydrogen-bond donors (Lipinski definition) is 1. The van der Waals surface area contributed by atoms with Crippen molar-refractivity contribution in [2.24, 2.45) is 0 Å². The van der Waals surface area contributed by atoms with Gasteiger partial charge in [0, 0.05) is 74.4 Å². The SMILES string of the molecule is COc1ccccc1-c1nccc(COc2ccc(CN(CCN3CCN(C)CC3)C(=O)OC(C)(C)C)cc2CC(Oc2ncnc3sc(-c4ccc(F)cc4)c(-c4ccc(C=O)c(F)c4OC)c23)C(=O)O)n1. The summed E-state index contributed by atoms with van der Waals surface area (Å²) < 4.78 is 60.0. The number of carboxylic acid groups (broad SMARTS) is 1. The highest BCUT2D eigenvalue weighted by atomic mass is 32.1. The number of rotatable bonds is 19. The first-order chi connectivity index (χ1) is 35.1. The maximum Gasteiger partial charge on any atom is 0.410 e. The van der Waals surface area contributed by atoms with Gasteiger partial charge in [0.15, 0.2) is 23.7 Å². The van der Waals surface area contributed by atoms with Gasteiger partial charge >= 0.3 is 12.1 Å². The molecule has 1 N–H and O–H groups in total. The molecule has 1 aliphatic heterocycles. The van der Waals surface area contributed by atoms with Crippen LogP contribution in [-0.4, -0.2) is 130 Å². The van der Waals surface area contributed by atoms with Crippen LogP contribution >= 0.6 is 11.3 Å². The standard InChI is InChI=1S/C54H55F2N7O9S/c1-54(2,3)72-53(67)63(26-25-62-23-21-61(4)22-24-62)29-33-11-18-41(70-31-38-19-20-57-49(60-38)39-9-7-8-10-42(39)68-5)36(27-33)28-43(52(65)66)71-50-45-44(40-17-14-35(30-64)46(56)47(40)69-6)48(73-51(45)59-32-58-50)34-12-15-37(55)16-13-34/h7-20,27,30,32,43H,21-26,28-29,31H2,1-6H3,(H,65,66). The van der Waals surface area contributed by atoms with Crippen molar-refractivity contribution in [1.82, 2.24) is 34.6 Å². The molecule has 0 aliphatic carbocycles. The van der Waals surface area contributed by atoms with Crippen LogP contribution in [0.3, 0.4) is 0 Å². The Labute approximate surface area is 425 Å². The van der Waals surface area contributed by atoms with Crippen molar-refractivity contribution in [2.45, 2.75) is 52.0 Å². The van der Waals surface area contributed by atoms with E-state index in [9.17, 15) is 23.9 Å². The van der Waals surface area contributed by atoms with E-state index >= 15 is 4.39 Å². The van der Waals surface area contributed by atoms with Crippen molar-refractivity contribution in [3.05, 3.63) is 131 Å². The summed E-state index contributed by atoms with van der Waals surface area (Å²) in [6.07, 6.45) is 0.813. The van der Waals surface area contributed by atoms with E-state index in [0.717, 1.165) is 26.2 Å². The minimum atomic E-state index is -1.62. The number of benzene rings is 4. The van der Waals surface area contributed by atoms with Gasteiger partial charge in [-0.05, 0) is 93.0 Å². The van der Waals surface area contributed by atoms with Crippen LogP contribution in [0, 0.1) is 11.6 Å². The number of carbonyl (C=O) groups is 3. The Morgan fingerprint density at radius 3 is 2.38 bits per heavy atom. The lowest BCUT2D eigenvalue weighted by Crippen LogP contribution is -2.48. The normalized spacial score (nSPS) is 13.6. The Hall–Kier alpha value is -7.61. The predicted octanol–water partition coefficient (Wildman–Crippen LogP) is 9.23. The quantitative estimate of drug-likeness (QED) is 0.0758. The number of aromatic nitrogens is 4. The van der Waals surface area contributed by atoms with Gasteiger partial charge in [-0.15, -0.1) is 11.3 Å². The summed E-state index contributed by atoms with van der Waals surface area (Å²) in [6, 6.07) is 22.8. The molecule has 7 aromatic rings. The minimum absolute atomic E-state index is 0.0388. The highest BCUT2D eigenvalue weighted by Gasteiger charge is 2.31. The summed E-state index contributed by atoms with van der Waals surface area (Å²) in [6.45, 7) is 10.0. The van der Waals surface area contributed by atoms with E-state index in [2.05, 4.69) is 31.8 Å². The summed E-state index contributed by atoms with van der Waals surface area (Å²) in [5, 5.41) is 11.2. The number of para-hydroxylation sites is 1. The molecule has 1 fully saturated rings. The molecule has 19 heteroatoms. The highest BCUT2D eigenvalue weighted by molar-refractivity contribution is 7.22. The van der Waals surface area contributed by atoms with E-state index in [1.165, 1.54) is 49.0 Å². The summed E-state index contributed by atoms with van der Waals surface area (Å²) >= 11 is 1.17. The van der Waals surface area contributed by atoms with E-state index in [1.807, 2.05) is 51.1 Å². The molecule has 1 saturated heterocycles. The lowest BCUT2D eigenvalue weighted by atomic mass is 9.97. The second-order valence-electron chi connectivity index (χ2n) is 18.3. The smallest absolute Gasteiger partial charge is 0.410 e. The molecule has 73 heavy (non-hydrogen) atoms.